The molecule has 1 rings (SSSR count). The summed E-state index contributed by atoms with van der Waals surface area (Å²) in [5, 5.41) is 0. The van der Waals surface area contributed by atoms with Crippen molar-refractivity contribution in [3.05, 3.63) is 23.8 Å². The maximum Gasteiger partial charge on any atom is 0.119 e. The summed E-state index contributed by atoms with van der Waals surface area (Å²) in [5.74, 6) is 0.931. The van der Waals surface area contributed by atoms with Gasteiger partial charge in [0.2, 0.25) is 0 Å². The highest BCUT2D eigenvalue weighted by Gasteiger charge is 1.97. The van der Waals surface area contributed by atoms with Crippen molar-refractivity contribution < 1.29 is 4.74 Å². The molecule has 74 valence electrons. The molecule has 1 aromatic rings. The highest BCUT2D eigenvalue weighted by Crippen LogP contribution is 2.24. The van der Waals surface area contributed by atoms with Gasteiger partial charge in [-0.3, -0.25) is 0 Å². The van der Waals surface area contributed by atoms with Gasteiger partial charge in [0.1, 0.15) is 5.75 Å². The molecule has 0 N–H and O–H groups in total. The number of benzene rings is 1. The van der Waals surface area contributed by atoms with Gasteiger partial charge >= 0.3 is 0 Å². The lowest BCUT2D eigenvalue weighted by Crippen LogP contribution is -1.84. The molecule has 0 amide bonds. The van der Waals surface area contributed by atoms with Crippen LogP contribution < -0.4 is 4.74 Å². The van der Waals surface area contributed by atoms with Crippen LogP contribution in [0.25, 0.3) is 0 Å². The summed E-state index contributed by atoms with van der Waals surface area (Å²) in [4.78, 5) is 1.28. The molecule has 0 aliphatic carbocycles. The topological polar surface area (TPSA) is 9.23 Å². The Morgan fingerprint density at radius 3 is 2.31 bits per heavy atom. The highest BCUT2D eigenvalue weighted by atomic mass is 32.2. The van der Waals surface area contributed by atoms with Gasteiger partial charge in [0.05, 0.1) is 7.11 Å². The third-order valence-electron chi connectivity index (χ3n) is 1.62. The standard InChI is InChI=1S/C9H12OS.C2H6/c1-7-4-5-8(10-2)6-9(7)11-3;1-2/h4-6H,1-3H3;1-2H3. The Kier molecular flexibility index (Phi) is 6.51. The first-order valence-electron chi connectivity index (χ1n) is 4.46. The van der Waals surface area contributed by atoms with Crippen molar-refractivity contribution in [3.8, 4) is 5.75 Å². The lowest BCUT2D eigenvalue weighted by Gasteiger charge is -2.04. The van der Waals surface area contributed by atoms with E-state index in [1.165, 1.54) is 10.5 Å². The minimum atomic E-state index is 0.931. The number of aryl methyl sites for hydroxylation is 1. The van der Waals surface area contributed by atoms with E-state index in [4.69, 9.17) is 4.74 Å². The van der Waals surface area contributed by atoms with Crippen molar-refractivity contribution in [2.75, 3.05) is 13.4 Å². The van der Waals surface area contributed by atoms with Gasteiger partial charge in [-0.1, -0.05) is 19.9 Å². The van der Waals surface area contributed by atoms with Crippen LogP contribution in [0.1, 0.15) is 19.4 Å². The maximum atomic E-state index is 5.10. The van der Waals surface area contributed by atoms with Gasteiger partial charge in [-0.2, -0.15) is 0 Å². The Bertz CT molecular complexity index is 246. The van der Waals surface area contributed by atoms with Gasteiger partial charge in [-0.05, 0) is 30.9 Å². The van der Waals surface area contributed by atoms with Crippen LogP contribution in [0.2, 0.25) is 0 Å². The van der Waals surface area contributed by atoms with E-state index in [2.05, 4.69) is 25.3 Å². The molecule has 0 aliphatic heterocycles. The largest absolute Gasteiger partial charge is 0.497 e. The molecule has 0 heterocycles. The number of rotatable bonds is 2. The van der Waals surface area contributed by atoms with Crippen molar-refractivity contribution in [3.63, 3.8) is 0 Å². The van der Waals surface area contributed by atoms with E-state index in [1.54, 1.807) is 18.9 Å². The fraction of sp³-hybridized carbons (Fsp3) is 0.455. The number of hydrogen-bond acceptors (Lipinski definition) is 2. The summed E-state index contributed by atoms with van der Waals surface area (Å²) < 4.78 is 5.10. The van der Waals surface area contributed by atoms with E-state index in [9.17, 15) is 0 Å². The number of ether oxygens (including phenoxy) is 1. The summed E-state index contributed by atoms with van der Waals surface area (Å²) >= 11 is 1.74. The van der Waals surface area contributed by atoms with Crippen LogP contribution >= 0.6 is 11.8 Å². The fourth-order valence-corrected chi connectivity index (χ4v) is 1.55. The molecule has 0 radical (unpaired) electrons. The van der Waals surface area contributed by atoms with Gasteiger partial charge in [-0.15, -0.1) is 11.8 Å². The average molecular weight is 198 g/mol. The first-order chi connectivity index (χ1) is 6.27. The molecule has 13 heavy (non-hydrogen) atoms. The third-order valence-corrected chi connectivity index (χ3v) is 2.49. The van der Waals surface area contributed by atoms with E-state index < -0.39 is 0 Å². The number of methoxy groups -OCH3 is 1. The first-order valence-corrected chi connectivity index (χ1v) is 5.69. The molecule has 0 aromatic heterocycles. The minimum absolute atomic E-state index is 0.931. The molecular weight excluding hydrogens is 180 g/mol. The van der Waals surface area contributed by atoms with Crippen LogP contribution in [-0.4, -0.2) is 13.4 Å². The summed E-state index contributed by atoms with van der Waals surface area (Å²) in [5.41, 5.74) is 1.30. The first kappa shape index (κ1) is 12.4. The van der Waals surface area contributed by atoms with Crippen LogP contribution in [0, 0.1) is 6.92 Å². The zero-order valence-corrected chi connectivity index (χ0v) is 9.87. The molecule has 1 nitrogen and oxygen atoms in total. The zero-order chi connectivity index (χ0) is 10.3. The van der Waals surface area contributed by atoms with E-state index >= 15 is 0 Å². The lowest BCUT2D eigenvalue weighted by atomic mass is 10.2. The molecule has 0 unspecified atom stereocenters. The lowest BCUT2D eigenvalue weighted by molar-refractivity contribution is 0.413. The normalized spacial score (nSPS) is 8.69. The Labute approximate surface area is 85.5 Å². The van der Waals surface area contributed by atoms with Crippen LogP contribution in [0.5, 0.6) is 5.75 Å². The predicted octanol–water partition coefficient (Wildman–Crippen LogP) is 3.75. The second-order valence-corrected chi connectivity index (χ2v) is 3.18. The van der Waals surface area contributed by atoms with Gasteiger partial charge in [0.15, 0.2) is 0 Å². The summed E-state index contributed by atoms with van der Waals surface area (Å²) in [6.45, 7) is 6.10. The average Bonchev–Trinajstić information content (AvgIpc) is 2.22. The fourth-order valence-electron chi connectivity index (χ4n) is 0.927. The third kappa shape index (κ3) is 3.73. The minimum Gasteiger partial charge on any atom is -0.497 e. The number of thioether (sulfide) groups is 1. The van der Waals surface area contributed by atoms with Crippen LogP contribution in [0.4, 0.5) is 0 Å². The zero-order valence-electron chi connectivity index (χ0n) is 9.05. The van der Waals surface area contributed by atoms with Crippen molar-refractivity contribution >= 4 is 11.8 Å². The highest BCUT2D eigenvalue weighted by molar-refractivity contribution is 7.98. The van der Waals surface area contributed by atoms with E-state index in [0.29, 0.717) is 0 Å². The van der Waals surface area contributed by atoms with Crippen LogP contribution in [0.15, 0.2) is 23.1 Å². The number of hydrogen-bond donors (Lipinski definition) is 0. The monoisotopic (exact) mass is 198 g/mol. The molecule has 0 fully saturated rings. The Hall–Kier alpha value is -0.630. The van der Waals surface area contributed by atoms with Gasteiger partial charge in [0.25, 0.3) is 0 Å². The molecule has 0 spiro atoms. The Morgan fingerprint density at radius 1 is 1.23 bits per heavy atom. The smallest absolute Gasteiger partial charge is 0.119 e. The van der Waals surface area contributed by atoms with E-state index in [-0.39, 0.29) is 0 Å². The van der Waals surface area contributed by atoms with Gasteiger partial charge in [0, 0.05) is 4.90 Å². The molecule has 2 heteroatoms. The van der Waals surface area contributed by atoms with Crippen molar-refractivity contribution in [1.82, 2.24) is 0 Å². The van der Waals surface area contributed by atoms with Crippen molar-refractivity contribution in [1.29, 1.82) is 0 Å². The molecule has 0 bridgehead atoms. The van der Waals surface area contributed by atoms with E-state index in [1.807, 2.05) is 19.9 Å². The second kappa shape index (κ2) is 6.84. The maximum absolute atomic E-state index is 5.10. The van der Waals surface area contributed by atoms with Crippen LogP contribution in [-0.2, 0) is 0 Å². The summed E-state index contributed by atoms with van der Waals surface area (Å²) in [7, 11) is 1.69. The molecular formula is C11H18OS. The second-order valence-electron chi connectivity index (χ2n) is 2.34. The molecule has 0 aliphatic rings. The Balaban J connectivity index is 0.000000671. The van der Waals surface area contributed by atoms with E-state index in [0.717, 1.165) is 5.75 Å². The molecule has 0 atom stereocenters. The molecule has 0 saturated heterocycles. The Morgan fingerprint density at radius 2 is 1.85 bits per heavy atom. The predicted molar refractivity (Wildman–Crippen MR) is 60.9 cm³/mol. The summed E-state index contributed by atoms with van der Waals surface area (Å²) in [6, 6.07) is 6.11. The van der Waals surface area contributed by atoms with Gasteiger partial charge < -0.3 is 4.74 Å². The van der Waals surface area contributed by atoms with Crippen molar-refractivity contribution in [2.24, 2.45) is 0 Å². The SMILES string of the molecule is CC.COc1ccc(C)c(SC)c1. The molecule has 0 saturated carbocycles. The molecule has 1 aromatic carbocycles. The van der Waals surface area contributed by atoms with Crippen molar-refractivity contribution in [2.45, 2.75) is 25.7 Å². The quantitative estimate of drug-likeness (QED) is 0.669. The summed E-state index contributed by atoms with van der Waals surface area (Å²) in [6.07, 6.45) is 2.07. The van der Waals surface area contributed by atoms with Crippen LogP contribution in [0.3, 0.4) is 0 Å². The van der Waals surface area contributed by atoms with Gasteiger partial charge in [-0.25, -0.2) is 0 Å².